The van der Waals surface area contributed by atoms with Crippen LogP contribution in [0.3, 0.4) is 0 Å². The number of nitrogens with two attached hydrogens (primary N) is 1. The molecule has 20 heavy (non-hydrogen) atoms. The second-order valence-corrected chi connectivity index (χ2v) is 6.44. The summed E-state index contributed by atoms with van der Waals surface area (Å²) in [6.07, 6.45) is 4.15. The zero-order valence-electron chi connectivity index (χ0n) is 10.9. The summed E-state index contributed by atoms with van der Waals surface area (Å²) in [6, 6.07) is 4.41. The van der Waals surface area contributed by atoms with Crippen molar-refractivity contribution in [1.29, 1.82) is 0 Å². The minimum Gasteiger partial charge on any atom is -0.392 e. The lowest BCUT2D eigenvalue weighted by atomic mass is 9.73. The van der Waals surface area contributed by atoms with Crippen molar-refractivity contribution in [2.24, 2.45) is 11.1 Å². The van der Waals surface area contributed by atoms with Crippen molar-refractivity contribution in [3.05, 3.63) is 28.5 Å². The molecule has 0 radical (unpaired) electrons. The molecule has 1 aliphatic carbocycles. The van der Waals surface area contributed by atoms with Gasteiger partial charge in [0.05, 0.1) is 16.1 Å². The van der Waals surface area contributed by atoms with Crippen LogP contribution < -0.4 is 11.1 Å². The predicted molar refractivity (Wildman–Crippen MR) is 85.0 cm³/mol. The maximum atomic E-state index is 13.7. The summed E-state index contributed by atoms with van der Waals surface area (Å²) >= 11 is 8.35. The van der Waals surface area contributed by atoms with Gasteiger partial charge < -0.3 is 11.1 Å². The Labute approximate surface area is 131 Å². The third kappa shape index (κ3) is 3.01. The van der Waals surface area contributed by atoms with Crippen LogP contribution in [0.25, 0.3) is 0 Å². The van der Waals surface area contributed by atoms with Crippen LogP contribution in [-0.4, -0.2) is 10.9 Å². The van der Waals surface area contributed by atoms with Gasteiger partial charge in [-0.25, -0.2) is 4.39 Å². The number of nitrogens with one attached hydrogen (secondary N) is 1. The molecule has 6 heteroatoms. The van der Waals surface area contributed by atoms with Gasteiger partial charge >= 0.3 is 0 Å². The molecule has 1 saturated carbocycles. The van der Waals surface area contributed by atoms with Gasteiger partial charge in [0.2, 0.25) is 5.91 Å². The highest BCUT2D eigenvalue weighted by Gasteiger charge is 2.42. The molecule has 0 saturated heterocycles. The summed E-state index contributed by atoms with van der Waals surface area (Å²) in [5.41, 5.74) is 5.09. The topological polar surface area (TPSA) is 55.1 Å². The summed E-state index contributed by atoms with van der Waals surface area (Å²) in [6.45, 7) is 0. The van der Waals surface area contributed by atoms with E-state index in [1.54, 1.807) is 6.07 Å². The van der Waals surface area contributed by atoms with Gasteiger partial charge in [-0.05, 0) is 31.0 Å². The Bertz CT molecular complexity index is 544. The number of rotatable bonds is 3. The molecule has 3 nitrogen and oxygen atoms in total. The second kappa shape index (κ2) is 6.18. The van der Waals surface area contributed by atoms with E-state index >= 15 is 0 Å². The van der Waals surface area contributed by atoms with Crippen LogP contribution >= 0.6 is 28.1 Å². The van der Waals surface area contributed by atoms with Gasteiger partial charge in [0, 0.05) is 4.47 Å². The van der Waals surface area contributed by atoms with Crippen molar-refractivity contribution in [2.45, 2.75) is 32.1 Å². The third-order valence-electron chi connectivity index (χ3n) is 3.79. The Balaban J connectivity index is 2.25. The number of hydrogen-bond acceptors (Lipinski definition) is 2. The fourth-order valence-corrected chi connectivity index (χ4v) is 3.23. The molecule has 108 valence electrons. The van der Waals surface area contributed by atoms with Crippen molar-refractivity contribution in [2.75, 3.05) is 5.32 Å². The molecule has 0 unspecified atom stereocenters. The van der Waals surface area contributed by atoms with Gasteiger partial charge in [-0.1, -0.05) is 47.4 Å². The molecule has 0 atom stereocenters. The monoisotopic (exact) mass is 358 g/mol. The summed E-state index contributed by atoms with van der Waals surface area (Å²) in [5.74, 6) is -0.780. The van der Waals surface area contributed by atoms with Crippen LogP contribution in [-0.2, 0) is 4.79 Å². The summed E-state index contributed by atoms with van der Waals surface area (Å²) < 4.78 is 14.4. The van der Waals surface area contributed by atoms with E-state index in [1.807, 2.05) is 0 Å². The lowest BCUT2D eigenvalue weighted by molar-refractivity contribution is -0.123. The Morgan fingerprint density at radius 3 is 2.60 bits per heavy atom. The molecule has 0 spiro atoms. The van der Waals surface area contributed by atoms with Gasteiger partial charge in [-0.15, -0.1) is 0 Å². The van der Waals surface area contributed by atoms with Gasteiger partial charge in [-0.2, -0.15) is 0 Å². The fraction of sp³-hybridized carbons (Fsp3) is 0.429. The summed E-state index contributed by atoms with van der Waals surface area (Å²) in [7, 11) is 0. The number of benzene rings is 1. The van der Waals surface area contributed by atoms with Gasteiger partial charge in [0.15, 0.2) is 0 Å². The molecule has 3 N–H and O–H groups in total. The van der Waals surface area contributed by atoms with Crippen molar-refractivity contribution in [1.82, 2.24) is 0 Å². The maximum absolute atomic E-state index is 13.7. The largest absolute Gasteiger partial charge is 0.392 e. The number of thiocarbonyl (C=S) groups is 1. The number of anilines is 1. The highest BCUT2D eigenvalue weighted by atomic mass is 79.9. The molecule has 1 aliphatic rings. The van der Waals surface area contributed by atoms with Crippen molar-refractivity contribution in [3.8, 4) is 0 Å². The Kier molecular flexibility index (Phi) is 4.75. The highest BCUT2D eigenvalue weighted by molar-refractivity contribution is 9.10. The lowest BCUT2D eigenvalue weighted by Crippen LogP contribution is -2.47. The minimum atomic E-state index is -0.845. The molecule has 0 bridgehead atoms. The highest BCUT2D eigenvalue weighted by Crippen LogP contribution is 2.38. The van der Waals surface area contributed by atoms with Crippen molar-refractivity contribution in [3.63, 3.8) is 0 Å². The zero-order valence-corrected chi connectivity index (χ0v) is 13.3. The first-order chi connectivity index (χ1) is 9.45. The molecule has 0 heterocycles. The van der Waals surface area contributed by atoms with E-state index in [0.29, 0.717) is 17.3 Å². The van der Waals surface area contributed by atoms with E-state index in [0.717, 1.165) is 19.3 Å². The summed E-state index contributed by atoms with van der Waals surface area (Å²) in [4.78, 5) is 12.7. The van der Waals surface area contributed by atoms with Gasteiger partial charge in [-0.3, -0.25) is 4.79 Å². The number of amides is 1. The number of carbonyl (C=O) groups excluding carboxylic acids is 1. The Morgan fingerprint density at radius 1 is 1.35 bits per heavy atom. The van der Waals surface area contributed by atoms with E-state index in [2.05, 4.69) is 21.2 Å². The van der Waals surface area contributed by atoms with Crippen LogP contribution in [0.2, 0.25) is 0 Å². The molecule has 1 aromatic rings. The van der Waals surface area contributed by atoms with E-state index < -0.39 is 11.2 Å². The molecular weight excluding hydrogens is 343 g/mol. The molecule has 1 aromatic carbocycles. The number of hydrogen-bond donors (Lipinski definition) is 2. The maximum Gasteiger partial charge on any atom is 0.237 e. The van der Waals surface area contributed by atoms with Crippen LogP contribution in [0.5, 0.6) is 0 Å². The molecule has 1 fully saturated rings. The van der Waals surface area contributed by atoms with E-state index in [4.69, 9.17) is 18.0 Å². The minimum absolute atomic E-state index is 0.144. The van der Waals surface area contributed by atoms with Gasteiger partial charge in [0.1, 0.15) is 5.82 Å². The first kappa shape index (κ1) is 15.4. The van der Waals surface area contributed by atoms with Crippen molar-refractivity contribution >= 4 is 44.7 Å². The van der Waals surface area contributed by atoms with E-state index in [-0.39, 0.29) is 16.6 Å². The SMILES string of the molecule is NC(=S)C1(C(=O)Nc2cc(Br)ccc2F)CCCCC1. The average molecular weight is 359 g/mol. The number of carbonyl (C=O) groups is 1. The lowest BCUT2D eigenvalue weighted by Gasteiger charge is -2.34. The van der Waals surface area contributed by atoms with Crippen LogP contribution in [0.15, 0.2) is 22.7 Å². The van der Waals surface area contributed by atoms with Crippen LogP contribution in [0.1, 0.15) is 32.1 Å². The van der Waals surface area contributed by atoms with Crippen LogP contribution in [0.4, 0.5) is 10.1 Å². The van der Waals surface area contributed by atoms with Crippen molar-refractivity contribution < 1.29 is 9.18 Å². The standard InChI is InChI=1S/C14H16BrFN2OS/c15-9-4-5-10(16)11(8-9)18-13(19)14(12(17)20)6-2-1-3-7-14/h4-5,8H,1-3,6-7H2,(H2,17,20)(H,18,19). The fourth-order valence-electron chi connectivity index (χ4n) is 2.58. The molecule has 0 aromatic heterocycles. The first-order valence-corrected chi connectivity index (χ1v) is 7.72. The van der Waals surface area contributed by atoms with E-state index in [1.165, 1.54) is 12.1 Å². The summed E-state index contributed by atoms with van der Waals surface area (Å²) in [5, 5.41) is 2.63. The molecular formula is C14H16BrFN2OS. The smallest absolute Gasteiger partial charge is 0.237 e. The first-order valence-electron chi connectivity index (χ1n) is 6.52. The normalized spacial score (nSPS) is 17.5. The predicted octanol–water partition coefficient (Wildman–Crippen LogP) is 3.76. The zero-order chi connectivity index (χ0) is 14.8. The molecule has 1 amide bonds. The van der Waals surface area contributed by atoms with Gasteiger partial charge in [0.25, 0.3) is 0 Å². The molecule has 0 aliphatic heterocycles. The van der Waals surface area contributed by atoms with Crippen LogP contribution in [0, 0.1) is 11.2 Å². The number of halogens is 2. The van der Waals surface area contributed by atoms with E-state index in [9.17, 15) is 9.18 Å². The Hall–Kier alpha value is -1.01. The quantitative estimate of drug-likeness (QED) is 0.808. The third-order valence-corrected chi connectivity index (χ3v) is 4.67. The molecule has 2 rings (SSSR count). The average Bonchev–Trinajstić information content (AvgIpc) is 2.43. The Morgan fingerprint density at radius 2 is 2.00 bits per heavy atom. The second-order valence-electron chi connectivity index (χ2n) is 5.09.